The minimum Gasteiger partial charge on any atom is -0.208 e. The van der Waals surface area contributed by atoms with Crippen LogP contribution in [0.4, 0.5) is 13.2 Å². The van der Waals surface area contributed by atoms with Crippen LogP contribution in [0.5, 0.6) is 0 Å². The molecule has 0 saturated carbocycles. The third-order valence-electron chi connectivity index (χ3n) is 2.75. The average Bonchev–Trinajstić information content (AvgIpc) is 2.37. The Morgan fingerprint density at radius 2 is 1.90 bits per heavy atom. The predicted molar refractivity (Wildman–Crippen MR) is 74.3 cm³/mol. The van der Waals surface area contributed by atoms with Crippen molar-refractivity contribution in [2.45, 2.75) is 36.9 Å². The van der Waals surface area contributed by atoms with E-state index in [4.69, 9.17) is 0 Å². The summed E-state index contributed by atoms with van der Waals surface area (Å²) >= 11 is 3.19. The zero-order valence-corrected chi connectivity index (χ0v) is 13.1. The van der Waals surface area contributed by atoms with Crippen molar-refractivity contribution in [2.24, 2.45) is 0 Å². The zero-order valence-electron chi connectivity index (χ0n) is 10.7. The quantitative estimate of drug-likeness (QED) is 0.775. The maximum Gasteiger partial charge on any atom is 0.417 e. The van der Waals surface area contributed by atoms with Gasteiger partial charge >= 0.3 is 6.18 Å². The fourth-order valence-electron chi connectivity index (χ4n) is 1.70. The zero-order chi connectivity index (χ0) is 15.4. The molecule has 1 rings (SSSR count). The Hall–Kier alpha value is -0.600. The maximum absolute atomic E-state index is 12.8. The topological polar surface area (TPSA) is 46.2 Å². The van der Waals surface area contributed by atoms with Gasteiger partial charge in [-0.15, -0.1) is 0 Å². The van der Waals surface area contributed by atoms with Gasteiger partial charge in [0.15, 0.2) is 0 Å². The van der Waals surface area contributed by atoms with Gasteiger partial charge in [0.25, 0.3) is 0 Å². The molecule has 0 saturated heterocycles. The van der Waals surface area contributed by atoms with Crippen molar-refractivity contribution < 1.29 is 21.6 Å². The van der Waals surface area contributed by atoms with Crippen molar-refractivity contribution in [3.05, 3.63) is 29.8 Å². The van der Waals surface area contributed by atoms with Gasteiger partial charge in [-0.3, -0.25) is 0 Å². The Bertz CT molecular complexity index is 546. The van der Waals surface area contributed by atoms with Crippen LogP contribution >= 0.6 is 15.9 Å². The molecule has 1 atom stereocenters. The number of sulfonamides is 1. The van der Waals surface area contributed by atoms with Crippen LogP contribution in [-0.2, 0) is 16.2 Å². The number of hydrogen-bond donors (Lipinski definition) is 1. The summed E-state index contributed by atoms with van der Waals surface area (Å²) in [5, 5.41) is 0.564. The summed E-state index contributed by atoms with van der Waals surface area (Å²) in [6.07, 6.45) is -3.70. The summed E-state index contributed by atoms with van der Waals surface area (Å²) in [5.74, 6) is 0. The summed E-state index contributed by atoms with van der Waals surface area (Å²) in [6.45, 7) is 1.77. The van der Waals surface area contributed by atoms with Crippen LogP contribution in [0.25, 0.3) is 0 Å². The first-order valence-electron chi connectivity index (χ1n) is 5.97. The molecule has 1 N–H and O–H groups in total. The van der Waals surface area contributed by atoms with Crippen LogP contribution < -0.4 is 4.72 Å². The summed E-state index contributed by atoms with van der Waals surface area (Å²) < 4.78 is 65.1. The van der Waals surface area contributed by atoms with Gasteiger partial charge in [-0.05, 0) is 25.0 Å². The van der Waals surface area contributed by atoms with E-state index in [0.717, 1.165) is 18.2 Å². The minimum absolute atomic E-state index is 0.402. The van der Waals surface area contributed by atoms with Crippen molar-refractivity contribution in [1.82, 2.24) is 4.72 Å². The Morgan fingerprint density at radius 3 is 2.40 bits per heavy atom. The van der Waals surface area contributed by atoms with Crippen molar-refractivity contribution in [2.75, 3.05) is 5.33 Å². The molecule has 0 aromatic heterocycles. The van der Waals surface area contributed by atoms with E-state index < -0.39 is 32.7 Å². The third-order valence-corrected chi connectivity index (χ3v) is 4.79. The normalized spacial score (nSPS) is 14.2. The highest BCUT2D eigenvalue weighted by Gasteiger charge is 2.37. The van der Waals surface area contributed by atoms with Crippen molar-refractivity contribution in [3.63, 3.8) is 0 Å². The molecule has 20 heavy (non-hydrogen) atoms. The van der Waals surface area contributed by atoms with Crippen molar-refractivity contribution in [3.8, 4) is 0 Å². The highest BCUT2D eigenvalue weighted by atomic mass is 79.9. The molecule has 0 heterocycles. The minimum atomic E-state index is -4.71. The van der Waals surface area contributed by atoms with Crippen molar-refractivity contribution >= 4 is 26.0 Å². The molecule has 1 aromatic carbocycles. The molecule has 0 spiro atoms. The van der Waals surface area contributed by atoms with Crippen LogP contribution in [0.2, 0.25) is 0 Å². The van der Waals surface area contributed by atoms with E-state index in [2.05, 4.69) is 20.7 Å². The Balaban J connectivity index is 3.16. The van der Waals surface area contributed by atoms with Crippen LogP contribution in [0.3, 0.4) is 0 Å². The summed E-state index contributed by atoms with van der Waals surface area (Å²) in [4.78, 5) is -0.736. The fourth-order valence-corrected chi connectivity index (χ4v) is 3.83. The van der Waals surface area contributed by atoms with Crippen LogP contribution in [0.1, 0.15) is 25.3 Å². The number of hydrogen-bond acceptors (Lipinski definition) is 2. The summed E-state index contributed by atoms with van der Waals surface area (Å²) in [6, 6.07) is 3.76. The molecule has 0 fully saturated rings. The van der Waals surface area contributed by atoms with Gasteiger partial charge in [0.1, 0.15) is 0 Å². The molecule has 0 amide bonds. The highest BCUT2D eigenvalue weighted by molar-refractivity contribution is 9.09. The lowest BCUT2D eigenvalue weighted by Gasteiger charge is -2.18. The predicted octanol–water partition coefficient (Wildman–Crippen LogP) is 3.55. The second-order valence-corrected chi connectivity index (χ2v) is 6.67. The number of halogens is 4. The summed E-state index contributed by atoms with van der Waals surface area (Å²) in [5.41, 5.74) is -1.15. The van der Waals surface area contributed by atoms with Crippen LogP contribution in [0.15, 0.2) is 29.2 Å². The first-order chi connectivity index (χ1) is 9.22. The van der Waals surface area contributed by atoms with Gasteiger partial charge in [0.2, 0.25) is 10.0 Å². The van der Waals surface area contributed by atoms with Crippen molar-refractivity contribution in [1.29, 1.82) is 0 Å². The molecular weight excluding hydrogens is 359 g/mol. The first kappa shape index (κ1) is 17.5. The van der Waals surface area contributed by atoms with Crippen LogP contribution in [0, 0.1) is 0 Å². The van der Waals surface area contributed by atoms with E-state index in [1.807, 2.05) is 0 Å². The van der Waals surface area contributed by atoms with E-state index in [1.54, 1.807) is 6.92 Å². The van der Waals surface area contributed by atoms with E-state index in [-0.39, 0.29) is 0 Å². The second kappa shape index (κ2) is 6.91. The van der Waals surface area contributed by atoms with Crippen LogP contribution in [-0.4, -0.2) is 19.8 Å². The molecule has 114 valence electrons. The fraction of sp³-hybridized carbons (Fsp3) is 0.500. The van der Waals surface area contributed by atoms with Gasteiger partial charge in [-0.25, -0.2) is 13.1 Å². The third kappa shape index (κ3) is 4.46. The molecule has 0 aliphatic rings. The molecule has 1 unspecified atom stereocenters. The van der Waals surface area contributed by atoms with Gasteiger partial charge in [-0.1, -0.05) is 35.0 Å². The first-order valence-corrected chi connectivity index (χ1v) is 8.57. The summed E-state index contributed by atoms with van der Waals surface area (Å²) in [7, 11) is -4.20. The lowest BCUT2D eigenvalue weighted by molar-refractivity contribution is -0.139. The van der Waals surface area contributed by atoms with E-state index in [0.29, 0.717) is 18.2 Å². The van der Waals surface area contributed by atoms with E-state index >= 15 is 0 Å². The average molecular weight is 374 g/mol. The molecule has 8 heteroatoms. The number of rotatable bonds is 6. The lowest BCUT2D eigenvalue weighted by Crippen LogP contribution is -2.35. The molecule has 0 radical (unpaired) electrons. The van der Waals surface area contributed by atoms with Gasteiger partial charge in [0, 0.05) is 11.4 Å². The number of alkyl halides is 4. The largest absolute Gasteiger partial charge is 0.417 e. The van der Waals surface area contributed by atoms with Gasteiger partial charge in [0.05, 0.1) is 10.5 Å². The maximum atomic E-state index is 12.8. The smallest absolute Gasteiger partial charge is 0.208 e. The Labute approximate surface area is 124 Å². The SMILES string of the molecule is CCC(CCBr)NS(=O)(=O)c1ccccc1C(F)(F)F. The standard InChI is InChI=1S/C12H15BrF3NO2S/c1-2-9(7-8-13)17-20(18,19)11-6-4-3-5-10(11)12(14,15)16/h3-6,9,17H,2,7-8H2,1H3. The van der Waals surface area contributed by atoms with Gasteiger partial charge in [-0.2, -0.15) is 13.2 Å². The molecule has 0 aliphatic heterocycles. The lowest BCUT2D eigenvalue weighted by atomic mass is 10.2. The highest BCUT2D eigenvalue weighted by Crippen LogP contribution is 2.34. The number of nitrogens with one attached hydrogen (secondary N) is 1. The molecule has 0 bridgehead atoms. The monoisotopic (exact) mass is 373 g/mol. The molecular formula is C12H15BrF3NO2S. The molecule has 3 nitrogen and oxygen atoms in total. The molecule has 1 aromatic rings. The Morgan fingerprint density at radius 1 is 1.30 bits per heavy atom. The van der Waals surface area contributed by atoms with Gasteiger partial charge < -0.3 is 0 Å². The number of benzene rings is 1. The molecule has 0 aliphatic carbocycles. The Kier molecular flexibility index (Phi) is 6.03. The van der Waals surface area contributed by atoms with E-state index in [9.17, 15) is 21.6 Å². The van der Waals surface area contributed by atoms with E-state index in [1.165, 1.54) is 6.07 Å². The second-order valence-electron chi connectivity index (χ2n) is 4.20.